The van der Waals surface area contributed by atoms with Gasteiger partial charge in [0.15, 0.2) is 0 Å². The number of alkyl halides is 2. The van der Waals surface area contributed by atoms with Crippen LogP contribution in [-0.4, -0.2) is 48.9 Å². The SMILES string of the molecule is CS(=O)CCS(=O)CC(F)(F)C(=O)O. The lowest BCUT2D eigenvalue weighted by Gasteiger charge is -2.09. The molecule has 2 atom stereocenters. The molecule has 0 aromatic heterocycles. The summed E-state index contributed by atoms with van der Waals surface area (Å²) < 4.78 is 46.3. The van der Waals surface area contributed by atoms with Gasteiger partial charge in [-0.15, -0.1) is 0 Å². The molecule has 0 amide bonds. The summed E-state index contributed by atoms with van der Waals surface area (Å²) >= 11 is 0. The van der Waals surface area contributed by atoms with Gasteiger partial charge in [-0.1, -0.05) is 0 Å². The highest BCUT2D eigenvalue weighted by Crippen LogP contribution is 2.14. The van der Waals surface area contributed by atoms with Crippen molar-refractivity contribution in [1.29, 1.82) is 0 Å². The van der Waals surface area contributed by atoms with Crippen molar-refractivity contribution in [2.45, 2.75) is 5.92 Å². The van der Waals surface area contributed by atoms with Crippen LogP contribution in [0.5, 0.6) is 0 Å². The lowest BCUT2D eigenvalue weighted by atomic mass is 10.4. The van der Waals surface area contributed by atoms with Crippen LogP contribution in [0.1, 0.15) is 0 Å². The number of carboxylic acids is 1. The van der Waals surface area contributed by atoms with E-state index in [2.05, 4.69) is 0 Å². The van der Waals surface area contributed by atoms with E-state index in [0.29, 0.717) is 0 Å². The molecule has 0 heterocycles. The molecule has 84 valence electrons. The van der Waals surface area contributed by atoms with Crippen LogP contribution in [0.4, 0.5) is 8.78 Å². The van der Waals surface area contributed by atoms with Gasteiger partial charge >= 0.3 is 11.9 Å². The first-order valence-electron chi connectivity index (χ1n) is 3.52. The lowest BCUT2D eigenvalue weighted by Crippen LogP contribution is -2.35. The van der Waals surface area contributed by atoms with Crippen molar-refractivity contribution in [2.75, 3.05) is 23.5 Å². The van der Waals surface area contributed by atoms with E-state index in [9.17, 15) is 22.0 Å². The van der Waals surface area contributed by atoms with Crippen molar-refractivity contribution in [3.05, 3.63) is 0 Å². The molecule has 0 aliphatic rings. The summed E-state index contributed by atoms with van der Waals surface area (Å²) in [7, 11) is -3.17. The predicted octanol–water partition coefficient (Wildman–Crippen LogP) is -0.166. The first kappa shape index (κ1) is 13.6. The van der Waals surface area contributed by atoms with Crippen LogP contribution in [-0.2, 0) is 26.4 Å². The van der Waals surface area contributed by atoms with Crippen LogP contribution < -0.4 is 0 Å². The molecule has 0 radical (unpaired) electrons. The molecule has 0 rings (SSSR count). The van der Waals surface area contributed by atoms with Gasteiger partial charge in [0.25, 0.3) is 0 Å². The number of carboxylic acid groups (broad SMARTS) is 1. The van der Waals surface area contributed by atoms with Gasteiger partial charge < -0.3 is 5.11 Å². The second-order valence-corrected chi connectivity index (χ2v) is 5.71. The van der Waals surface area contributed by atoms with E-state index in [1.165, 1.54) is 6.26 Å². The number of hydrogen-bond donors (Lipinski definition) is 1. The van der Waals surface area contributed by atoms with Crippen molar-refractivity contribution in [2.24, 2.45) is 0 Å². The Morgan fingerprint density at radius 3 is 2.21 bits per heavy atom. The largest absolute Gasteiger partial charge is 0.477 e. The zero-order valence-electron chi connectivity index (χ0n) is 7.37. The number of hydrogen-bond acceptors (Lipinski definition) is 3. The minimum atomic E-state index is -3.97. The summed E-state index contributed by atoms with van der Waals surface area (Å²) in [5, 5.41) is 8.02. The zero-order valence-corrected chi connectivity index (χ0v) is 9.00. The van der Waals surface area contributed by atoms with Crippen molar-refractivity contribution in [1.82, 2.24) is 0 Å². The van der Waals surface area contributed by atoms with Gasteiger partial charge in [-0.3, -0.25) is 8.42 Å². The average molecular weight is 248 g/mol. The smallest absolute Gasteiger partial charge is 0.375 e. The minimum absolute atomic E-state index is 0.0301. The normalized spacial score (nSPS) is 16.2. The van der Waals surface area contributed by atoms with Gasteiger partial charge in [0.1, 0.15) is 0 Å². The molecular weight excluding hydrogens is 238 g/mol. The summed E-state index contributed by atoms with van der Waals surface area (Å²) in [4.78, 5) is 9.95. The van der Waals surface area contributed by atoms with E-state index < -0.39 is 39.2 Å². The van der Waals surface area contributed by atoms with E-state index in [1.54, 1.807) is 0 Å². The number of carbonyl (C=O) groups is 1. The first-order valence-corrected chi connectivity index (χ1v) is 6.73. The second-order valence-electron chi connectivity index (χ2n) is 2.58. The fraction of sp³-hybridized carbons (Fsp3) is 0.833. The topological polar surface area (TPSA) is 71.4 Å². The Kier molecular flexibility index (Phi) is 5.35. The summed E-state index contributed by atoms with van der Waals surface area (Å²) in [5.41, 5.74) is 0. The first-order chi connectivity index (χ1) is 6.25. The number of halogens is 2. The third kappa shape index (κ3) is 5.38. The van der Waals surface area contributed by atoms with E-state index >= 15 is 0 Å². The van der Waals surface area contributed by atoms with E-state index in [-0.39, 0.29) is 11.5 Å². The van der Waals surface area contributed by atoms with Gasteiger partial charge in [0, 0.05) is 39.4 Å². The Bertz CT molecular complexity index is 267. The quantitative estimate of drug-likeness (QED) is 0.708. The van der Waals surface area contributed by atoms with E-state index in [4.69, 9.17) is 5.11 Å². The number of rotatable bonds is 6. The molecule has 0 aliphatic carbocycles. The fourth-order valence-corrected chi connectivity index (χ4v) is 2.90. The van der Waals surface area contributed by atoms with Crippen LogP contribution in [0.15, 0.2) is 0 Å². The van der Waals surface area contributed by atoms with Crippen molar-refractivity contribution in [3.8, 4) is 0 Å². The van der Waals surface area contributed by atoms with E-state index in [1.807, 2.05) is 0 Å². The fourth-order valence-electron chi connectivity index (χ4n) is 0.546. The lowest BCUT2D eigenvalue weighted by molar-refractivity contribution is -0.161. The maximum atomic E-state index is 12.5. The van der Waals surface area contributed by atoms with Crippen LogP contribution in [0.3, 0.4) is 0 Å². The standard InChI is InChI=1S/C6H10F2O4S2/c1-13(11)2-3-14(12)4-6(7,8)5(9)10/h2-4H2,1H3,(H,9,10). The maximum Gasteiger partial charge on any atom is 0.375 e. The molecule has 14 heavy (non-hydrogen) atoms. The molecule has 0 aliphatic heterocycles. The summed E-state index contributed by atoms with van der Waals surface area (Å²) in [6.45, 7) is 0. The highest BCUT2D eigenvalue weighted by molar-refractivity contribution is 7.88. The van der Waals surface area contributed by atoms with Gasteiger partial charge in [0.05, 0.1) is 5.75 Å². The van der Waals surface area contributed by atoms with Crippen LogP contribution in [0.25, 0.3) is 0 Å². The maximum absolute atomic E-state index is 12.5. The highest BCUT2D eigenvalue weighted by Gasteiger charge is 2.40. The highest BCUT2D eigenvalue weighted by atomic mass is 32.2. The minimum Gasteiger partial charge on any atom is -0.477 e. The number of aliphatic carboxylic acids is 1. The summed E-state index contributed by atoms with van der Waals surface area (Å²) in [6, 6.07) is 0. The molecule has 0 aromatic rings. The molecule has 4 nitrogen and oxygen atoms in total. The van der Waals surface area contributed by atoms with Crippen molar-refractivity contribution >= 4 is 27.6 Å². The van der Waals surface area contributed by atoms with Gasteiger partial charge in [0.2, 0.25) is 0 Å². The van der Waals surface area contributed by atoms with Crippen LogP contribution in [0, 0.1) is 0 Å². The second kappa shape index (κ2) is 5.50. The molecule has 0 fully saturated rings. The van der Waals surface area contributed by atoms with Crippen LogP contribution >= 0.6 is 0 Å². The molecular formula is C6H10F2O4S2. The Morgan fingerprint density at radius 2 is 1.86 bits per heavy atom. The Balaban J connectivity index is 4.06. The van der Waals surface area contributed by atoms with Gasteiger partial charge in [-0.25, -0.2) is 4.79 Å². The average Bonchev–Trinajstić information content (AvgIpc) is 1.99. The summed E-state index contributed by atoms with van der Waals surface area (Å²) in [5.74, 6) is -7.63. The molecule has 0 bridgehead atoms. The van der Waals surface area contributed by atoms with Gasteiger partial charge in [-0.2, -0.15) is 8.78 Å². The van der Waals surface area contributed by atoms with Crippen molar-refractivity contribution in [3.63, 3.8) is 0 Å². The van der Waals surface area contributed by atoms with Gasteiger partial charge in [-0.05, 0) is 0 Å². The van der Waals surface area contributed by atoms with Crippen molar-refractivity contribution < 1.29 is 27.1 Å². The third-order valence-electron chi connectivity index (χ3n) is 1.25. The monoisotopic (exact) mass is 248 g/mol. The Morgan fingerprint density at radius 1 is 1.36 bits per heavy atom. The summed E-state index contributed by atoms with van der Waals surface area (Å²) in [6.07, 6.45) is 1.35. The predicted molar refractivity (Wildman–Crippen MR) is 49.4 cm³/mol. The molecule has 8 heteroatoms. The molecule has 0 aromatic carbocycles. The Hall–Kier alpha value is -0.370. The molecule has 1 N–H and O–H groups in total. The van der Waals surface area contributed by atoms with E-state index in [0.717, 1.165) is 0 Å². The molecule has 0 saturated carbocycles. The van der Waals surface area contributed by atoms with Crippen LogP contribution in [0.2, 0.25) is 0 Å². The zero-order chi connectivity index (χ0) is 11.4. The molecule has 2 unspecified atom stereocenters. The third-order valence-corrected chi connectivity index (χ3v) is 3.64. The Labute approximate surface area is 84.6 Å². The molecule has 0 saturated heterocycles. The molecule has 0 spiro atoms.